The molecule has 1 aromatic carbocycles. The minimum absolute atomic E-state index is 0.737. The van der Waals surface area contributed by atoms with E-state index in [9.17, 15) is 0 Å². The van der Waals surface area contributed by atoms with E-state index in [1.165, 1.54) is 0 Å². The monoisotopic (exact) mass is 269 g/mol. The third-order valence-electron chi connectivity index (χ3n) is 2.90. The lowest BCUT2D eigenvalue weighted by atomic mass is 10.2. The van der Waals surface area contributed by atoms with Crippen LogP contribution >= 0.6 is 0 Å². The first kappa shape index (κ1) is 13.9. The zero-order chi connectivity index (χ0) is 14.5. The number of nitrogens with zero attached hydrogens (tertiary/aromatic N) is 2. The quantitative estimate of drug-likeness (QED) is 0.674. The van der Waals surface area contributed by atoms with Crippen LogP contribution in [0.25, 0.3) is 0 Å². The van der Waals surface area contributed by atoms with Crippen molar-refractivity contribution in [3.05, 3.63) is 59.6 Å². The van der Waals surface area contributed by atoms with Crippen LogP contribution in [0.5, 0.6) is 5.75 Å². The predicted molar refractivity (Wildman–Crippen MR) is 83.2 cm³/mol. The van der Waals surface area contributed by atoms with Gasteiger partial charge >= 0.3 is 0 Å². The second-order valence-electron chi connectivity index (χ2n) is 4.42. The van der Waals surface area contributed by atoms with Crippen LogP contribution in [-0.4, -0.2) is 11.2 Å². The van der Waals surface area contributed by atoms with Crippen LogP contribution in [0.2, 0.25) is 0 Å². The number of hydrogen-bond donors (Lipinski definition) is 1. The number of hydrogen-bond acceptors (Lipinski definition) is 4. The lowest BCUT2D eigenvalue weighted by Gasteiger charge is -2.20. The Kier molecular flexibility index (Phi) is 4.25. The summed E-state index contributed by atoms with van der Waals surface area (Å²) >= 11 is 0. The van der Waals surface area contributed by atoms with Crippen molar-refractivity contribution in [1.29, 1.82) is 0 Å². The van der Waals surface area contributed by atoms with Gasteiger partial charge in [0.15, 0.2) is 0 Å². The minimum Gasteiger partial charge on any atom is -0.457 e. The highest BCUT2D eigenvalue weighted by molar-refractivity contribution is 5.53. The van der Waals surface area contributed by atoms with Crippen LogP contribution in [0.15, 0.2) is 59.2 Å². The van der Waals surface area contributed by atoms with Gasteiger partial charge in [0.2, 0.25) is 0 Å². The van der Waals surface area contributed by atoms with Gasteiger partial charge in [-0.2, -0.15) is 5.10 Å². The minimum atomic E-state index is 0.737. The van der Waals surface area contributed by atoms with E-state index in [0.29, 0.717) is 0 Å². The molecule has 0 atom stereocenters. The molecule has 1 heterocycles. The molecular formula is C16H19N3O. The van der Waals surface area contributed by atoms with Crippen molar-refractivity contribution in [1.82, 2.24) is 5.01 Å². The third kappa shape index (κ3) is 3.09. The van der Waals surface area contributed by atoms with Crippen LogP contribution in [0.1, 0.15) is 19.4 Å². The lowest BCUT2D eigenvalue weighted by molar-refractivity contribution is 0.420. The SMILES string of the molecule is C/C=N\N1C=CC(Oc2ccc(N)cc2C)=C/C1=C\C. The molecule has 4 nitrogen and oxygen atoms in total. The van der Waals surface area contributed by atoms with Crippen molar-refractivity contribution in [3.63, 3.8) is 0 Å². The molecule has 1 aromatic rings. The van der Waals surface area contributed by atoms with Crippen LogP contribution in [0.4, 0.5) is 5.69 Å². The van der Waals surface area contributed by atoms with Gasteiger partial charge in [-0.05, 0) is 50.6 Å². The summed E-state index contributed by atoms with van der Waals surface area (Å²) in [5, 5.41) is 6.04. The zero-order valence-electron chi connectivity index (χ0n) is 12.0. The van der Waals surface area contributed by atoms with Crippen molar-refractivity contribution in [2.75, 3.05) is 5.73 Å². The van der Waals surface area contributed by atoms with Crippen molar-refractivity contribution in [2.45, 2.75) is 20.8 Å². The van der Waals surface area contributed by atoms with E-state index < -0.39 is 0 Å². The molecule has 20 heavy (non-hydrogen) atoms. The lowest BCUT2D eigenvalue weighted by Crippen LogP contribution is -2.13. The van der Waals surface area contributed by atoms with E-state index >= 15 is 0 Å². The molecule has 104 valence electrons. The van der Waals surface area contributed by atoms with Crippen LogP contribution < -0.4 is 10.5 Å². The number of hydrazone groups is 1. The molecular weight excluding hydrogens is 250 g/mol. The smallest absolute Gasteiger partial charge is 0.131 e. The Balaban J connectivity index is 2.21. The van der Waals surface area contributed by atoms with E-state index in [0.717, 1.165) is 28.5 Å². The maximum atomic E-state index is 5.90. The maximum Gasteiger partial charge on any atom is 0.131 e. The normalized spacial score (nSPS) is 16.9. The second kappa shape index (κ2) is 6.10. The van der Waals surface area contributed by atoms with E-state index in [1.807, 2.05) is 63.4 Å². The fourth-order valence-electron chi connectivity index (χ4n) is 1.91. The molecule has 1 aliphatic heterocycles. The number of ether oxygens (including phenoxy) is 1. The summed E-state index contributed by atoms with van der Waals surface area (Å²) in [6.45, 7) is 5.83. The van der Waals surface area contributed by atoms with Gasteiger partial charge in [-0.15, -0.1) is 0 Å². The van der Waals surface area contributed by atoms with Gasteiger partial charge < -0.3 is 10.5 Å². The number of aryl methyl sites for hydroxylation is 1. The summed E-state index contributed by atoms with van der Waals surface area (Å²) in [6.07, 6.45) is 9.43. The Bertz CT molecular complexity index is 612. The molecule has 0 amide bonds. The summed E-state index contributed by atoms with van der Waals surface area (Å²) in [5.41, 5.74) is 8.45. The molecule has 4 heteroatoms. The zero-order valence-corrected chi connectivity index (χ0v) is 12.0. The molecule has 1 aliphatic rings. The Morgan fingerprint density at radius 2 is 2.10 bits per heavy atom. The van der Waals surface area contributed by atoms with Gasteiger partial charge in [-0.1, -0.05) is 6.08 Å². The first-order valence-electron chi connectivity index (χ1n) is 6.52. The number of nitrogens with two attached hydrogens (primary N) is 1. The Labute approximate surface area is 119 Å². The average molecular weight is 269 g/mol. The van der Waals surface area contributed by atoms with Crippen LogP contribution in [0, 0.1) is 6.92 Å². The molecule has 0 aromatic heterocycles. The van der Waals surface area contributed by atoms with Crippen LogP contribution in [0.3, 0.4) is 0 Å². The average Bonchev–Trinajstić information content (AvgIpc) is 2.43. The second-order valence-corrected chi connectivity index (χ2v) is 4.42. The van der Waals surface area contributed by atoms with Crippen molar-refractivity contribution < 1.29 is 4.74 Å². The predicted octanol–water partition coefficient (Wildman–Crippen LogP) is 3.58. The molecule has 0 fully saturated rings. The molecule has 2 N–H and O–H groups in total. The van der Waals surface area contributed by atoms with Gasteiger partial charge in [0, 0.05) is 24.2 Å². The topological polar surface area (TPSA) is 50.8 Å². The van der Waals surface area contributed by atoms with E-state index in [4.69, 9.17) is 10.5 Å². The third-order valence-corrected chi connectivity index (χ3v) is 2.90. The molecule has 0 spiro atoms. The molecule has 0 saturated heterocycles. The van der Waals surface area contributed by atoms with Gasteiger partial charge in [-0.25, -0.2) is 5.01 Å². The highest BCUT2D eigenvalue weighted by Crippen LogP contribution is 2.25. The highest BCUT2D eigenvalue weighted by Gasteiger charge is 2.11. The van der Waals surface area contributed by atoms with Crippen LogP contribution in [-0.2, 0) is 0 Å². The summed E-state index contributed by atoms with van der Waals surface area (Å²) in [5.74, 6) is 1.58. The Morgan fingerprint density at radius 3 is 2.75 bits per heavy atom. The van der Waals surface area contributed by atoms with E-state index in [2.05, 4.69) is 5.10 Å². The van der Waals surface area contributed by atoms with Gasteiger partial charge in [0.25, 0.3) is 0 Å². The largest absolute Gasteiger partial charge is 0.457 e. The van der Waals surface area contributed by atoms with Gasteiger partial charge in [-0.3, -0.25) is 0 Å². The van der Waals surface area contributed by atoms with Crippen molar-refractivity contribution in [3.8, 4) is 5.75 Å². The summed E-state index contributed by atoms with van der Waals surface area (Å²) < 4.78 is 5.90. The summed E-state index contributed by atoms with van der Waals surface area (Å²) in [4.78, 5) is 0. The molecule has 0 aliphatic carbocycles. The molecule has 0 unspecified atom stereocenters. The molecule has 0 bridgehead atoms. The number of anilines is 1. The standard InChI is InChI=1S/C16H19N3O/c1-4-14-11-15(8-9-19(14)18-5-2)20-16-7-6-13(17)10-12(16)3/h4-11H,17H2,1-3H3/b14-4+,18-5-. The van der Waals surface area contributed by atoms with Gasteiger partial charge in [0.1, 0.15) is 11.5 Å². The highest BCUT2D eigenvalue weighted by atomic mass is 16.5. The molecule has 0 saturated carbocycles. The van der Waals surface area contributed by atoms with E-state index in [1.54, 1.807) is 11.2 Å². The number of nitrogen functional groups attached to an aromatic ring is 1. The van der Waals surface area contributed by atoms with Crippen molar-refractivity contribution in [2.24, 2.45) is 5.10 Å². The van der Waals surface area contributed by atoms with Gasteiger partial charge in [0.05, 0.1) is 5.70 Å². The first-order valence-corrected chi connectivity index (χ1v) is 6.52. The number of allylic oxidation sites excluding steroid dienone is 3. The molecule has 0 radical (unpaired) electrons. The number of benzene rings is 1. The Morgan fingerprint density at radius 1 is 1.30 bits per heavy atom. The van der Waals surface area contributed by atoms with Crippen molar-refractivity contribution >= 4 is 11.9 Å². The summed E-state index contributed by atoms with van der Waals surface area (Å²) in [6, 6.07) is 5.61. The Hall–Kier alpha value is -2.49. The summed E-state index contributed by atoms with van der Waals surface area (Å²) in [7, 11) is 0. The maximum absolute atomic E-state index is 5.90. The van der Waals surface area contributed by atoms with E-state index in [-0.39, 0.29) is 0 Å². The number of rotatable bonds is 3. The first-order chi connectivity index (χ1) is 9.63. The molecule has 2 rings (SSSR count). The fraction of sp³-hybridized carbons (Fsp3) is 0.188. The fourth-order valence-corrected chi connectivity index (χ4v) is 1.91.